The van der Waals surface area contributed by atoms with Crippen molar-refractivity contribution in [1.82, 2.24) is 4.57 Å². The Morgan fingerprint density at radius 3 is 0.906 bits per heavy atom. The molecule has 2 heteroatoms. The average molecular weight is 742 g/mol. The van der Waals surface area contributed by atoms with Crippen molar-refractivity contribution in [3.05, 3.63) is 18.2 Å². The Kier molecular flexibility index (Phi) is 40.1. The molecule has 0 radical (unpaired) electrons. The van der Waals surface area contributed by atoms with Crippen LogP contribution in [0.5, 0.6) is 0 Å². The van der Waals surface area contributed by atoms with Crippen molar-refractivity contribution in [2.75, 3.05) is 0 Å². The van der Waals surface area contributed by atoms with E-state index in [0.29, 0.717) is 0 Å². The highest BCUT2D eigenvalue weighted by molar-refractivity contribution is 4.84. The first-order valence-corrected chi connectivity index (χ1v) is 25.4. The van der Waals surface area contributed by atoms with E-state index in [4.69, 9.17) is 0 Å². The number of hydrogen-bond acceptors (Lipinski definition) is 0. The highest BCUT2D eigenvalue weighted by Gasteiger charge is 2.16. The Labute approximate surface area is 336 Å². The van der Waals surface area contributed by atoms with E-state index in [1.165, 1.54) is 289 Å². The van der Waals surface area contributed by atoms with Gasteiger partial charge in [0.05, 0.1) is 13.1 Å². The summed E-state index contributed by atoms with van der Waals surface area (Å²) in [6.07, 6.45) is 66.8. The number of nitrogens with zero attached hydrogens (tertiary/aromatic N) is 2. The SMILES string of the molecule is CCCCCCCCCCCCCCCCCC[n+]1ccn(CCCCCCCCCCCCCC)c1CCCCCCCCCCCCCCCC. The summed E-state index contributed by atoms with van der Waals surface area (Å²) < 4.78 is 5.32. The normalized spacial score (nSPS) is 11.7. The molecule has 0 saturated heterocycles. The molecule has 0 amide bonds. The first-order chi connectivity index (χ1) is 26.3. The van der Waals surface area contributed by atoms with Crippen molar-refractivity contribution in [1.29, 1.82) is 0 Å². The summed E-state index contributed by atoms with van der Waals surface area (Å²) in [5.41, 5.74) is 0. The maximum Gasteiger partial charge on any atom is 0.256 e. The van der Waals surface area contributed by atoms with Crippen LogP contribution in [0.25, 0.3) is 0 Å². The number of aromatic nitrogens is 2. The summed E-state index contributed by atoms with van der Waals surface area (Å²) in [5.74, 6) is 1.63. The van der Waals surface area contributed by atoms with Crippen molar-refractivity contribution >= 4 is 0 Å². The summed E-state index contributed by atoms with van der Waals surface area (Å²) in [6, 6.07) is 0. The third-order valence-corrected chi connectivity index (χ3v) is 12.3. The van der Waals surface area contributed by atoms with Gasteiger partial charge in [0, 0.05) is 6.42 Å². The molecule has 1 rings (SSSR count). The number of imidazole rings is 1. The molecule has 0 aliphatic heterocycles. The number of rotatable bonds is 45. The summed E-state index contributed by atoms with van der Waals surface area (Å²) in [4.78, 5) is 0. The molecular formula is C51H101N2+. The van der Waals surface area contributed by atoms with Crippen LogP contribution in [-0.2, 0) is 19.5 Å². The molecule has 0 fully saturated rings. The van der Waals surface area contributed by atoms with Gasteiger partial charge in [0.2, 0.25) is 0 Å². The second kappa shape index (κ2) is 42.4. The largest absolute Gasteiger partial charge is 0.256 e. The Morgan fingerprint density at radius 2 is 0.585 bits per heavy atom. The molecule has 0 aromatic carbocycles. The maximum atomic E-state index is 2.66. The molecule has 0 N–H and O–H groups in total. The number of aryl methyl sites for hydroxylation is 2. The van der Waals surface area contributed by atoms with Crippen LogP contribution in [0.4, 0.5) is 0 Å². The van der Waals surface area contributed by atoms with Gasteiger partial charge >= 0.3 is 0 Å². The minimum atomic E-state index is 1.23. The second-order valence-corrected chi connectivity index (χ2v) is 17.6. The van der Waals surface area contributed by atoms with E-state index < -0.39 is 0 Å². The predicted octanol–water partition coefficient (Wildman–Crippen LogP) is 17.8. The average Bonchev–Trinajstić information content (AvgIpc) is 3.55. The van der Waals surface area contributed by atoms with Crippen molar-refractivity contribution in [3.63, 3.8) is 0 Å². The fourth-order valence-electron chi connectivity index (χ4n) is 8.62. The molecule has 314 valence electrons. The molecule has 1 aromatic rings. The van der Waals surface area contributed by atoms with Gasteiger partial charge in [-0.15, -0.1) is 0 Å². The van der Waals surface area contributed by atoms with Gasteiger partial charge in [0.15, 0.2) is 0 Å². The first kappa shape index (κ1) is 50.2. The molecule has 1 heterocycles. The zero-order valence-corrected chi connectivity index (χ0v) is 37.4. The van der Waals surface area contributed by atoms with Gasteiger partial charge in [-0.3, -0.25) is 0 Å². The lowest BCUT2D eigenvalue weighted by molar-refractivity contribution is -0.704. The standard InChI is InChI=1S/C51H101N2/c1-4-7-10-13-16-19-22-25-27-28-30-33-36-39-42-45-48-53-50-49-52(47-44-41-38-35-32-24-21-18-15-12-9-6-3)51(53)46-43-40-37-34-31-29-26-23-20-17-14-11-8-5-2/h49-50H,4-48H2,1-3H3/q+1. The van der Waals surface area contributed by atoms with E-state index >= 15 is 0 Å². The predicted molar refractivity (Wildman–Crippen MR) is 239 cm³/mol. The van der Waals surface area contributed by atoms with Gasteiger partial charge in [0.25, 0.3) is 5.82 Å². The Balaban J connectivity index is 2.25. The lowest BCUT2D eigenvalue weighted by Gasteiger charge is -2.07. The van der Waals surface area contributed by atoms with Crippen LogP contribution < -0.4 is 4.57 Å². The fourth-order valence-corrected chi connectivity index (χ4v) is 8.62. The van der Waals surface area contributed by atoms with Gasteiger partial charge in [0.1, 0.15) is 12.4 Å². The van der Waals surface area contributed by atoms with E-state index in [0.717, 1.165) is 0 Å². The maximum absolute atomic E-state index is 2.66. The molecule has 0 saturated carbocycles. The van der Waals surface area contributed by atoms with Crippen LogP contribution in [0.1, 0.15) is 296 Å². The Hall–Kier alpha value is -0.790. The van der Waals surface area contributed by atoms with E-state index in [9.17, 15) is 0 Å². The zero-order valence-electron chi connectivity index (χ0n) is 37.4. The van der Waals surface area contributed by atoms with Crippen molar-refractivity contribution < 1.29 is 4.57 Å². The molecule has 0 unspecified atom stereocenters. The summed E-state index contributed by atoms with van der Waals surface area (Å²) in [7, 11) is 0. The van der Waals surface area contributed by atoms with Gasteiger partial charge in [-0.25, -0.2) is 9.13 Å². The van der Waals surface area contributed by atoms with E-state index in [-0.39, 0.29) is 0 Å². The van der Waals surface area contributed by atoms with E-state index in [1.54, 1.807) is 5.82 Å². The summed E-state index contributed by atoms with van der Waals surface area (Å²) >= 11 is 0. The molecule has 0 atom stereocenters. The lowest BCUT2D eigenvalue weighted by Crippen LogP contribution is -2.37. The van der Waals surface area contributed by atoms with Crippen LogP contribution in [-0.4, -0.2) is 4.57 Å². The lowest BCUT2D eigenvalue weighted by atomic mass is 10.0. The monoisotopic (exact) mass is 742 g/mol. The second-order valence-electron chi connectivity index (χ2n) is 17.6. The van der Waals surface area contributed by atoms with Crippen molar-refractivity contribution in [2.45, 2.75) is 310 Å². The van der Waals surface area contributed by atoms with Crippen LogP contribution >= 0.6 is 0 Å². The summed E-state index contributed by atoms with van der Waals surface area (Å²) in [5, 5.41) is 0. The topological polar surface area (TPSA) is 8.81 Å². The molecule has 0 bridgehead atoms. The van der Waals surface area contributed by atoms with Crippen LogP contribution in [0.2, 0.25) is 0 Å². The summed E-state index contributed by atoms with van der Waals surface area (Å²) in [6.45, 7) is 9.42. The van der Waals surface area contributed by atoms with Crippen LogP contribution in [0, 0.1) is 0 Å². The highest BCUT2D eigenvalue weighted by atomic mass is 15.1. The molecule has 2 nitrogen and oxygen atoms in total. The fraction of sp³-hybridized carbons (Fsp3) is 0.941. The van der Waals surface area contributed by atoms with Crippen molar-refractivity contribution in [3.8, 4) is 0 Å². The molecule has 0 aliphatic rings. The Morgan fingerprint density at radius 1 is 0.321 bits per heavy atom. The molecule has 1 aromatic heterocycles. The molecule has 0 spiro atoms. The minimum Gasteiger partial charge on any atom is -0.234 e. The highest BCUT2D eigenvalue weighted by Crippen LogP contribution is 2.17. The number of hydrogen-bond donors (Lipinski definition) is 0. The molecule has 0 aliphatic carbocycles. The van der Waals surface area contributed by atoms with Gasteiger partial charge in [-0.1, -0.05) is 258 Å². The van der Waals surface area contributed by atoms with E-state index in [2.05, 4.69) is 42.3 Å². The third-order valence-electron chi connectivity index (χ3n) is 12.3. The molecule has 53 heavy (non-hydrogen) atoms. The van der Waals surface area contributed by atoms with E-state index in [1.807, 2.05) is 0 Å². The minimum absolute atomic E-state index is 1.23. The zero-order chi connectivity index (χ0) is 38.0. The molecular weight excluding hydrogens is 641 g/mol. The third kappa shape index (κ3) is 34.2. The smallest absolute Gasteiger partial charge is 0.234 e. The van der Waals surface area contributed by atoms with Crippen LogP contribution in [0.15, 0.2) is 12.4 Å². The van der Waals surface area contributed by atoms with Crippen molar-refractivity contribution in [2.24, 2.45) is 0 Å². The van der Waals surface area contributed by atoms with Crippen LogP contribution in [0.3, 0.4) is 0 Å². The first-order valence-electron chi connectivity index (χ1n) is 25.4. The quantitative estimate of drug-likeness (QED) is 0.0465. The Bertz CT molecular complexity index is 811. The van der Waals surface area contributed by atoms with Gasteiger partial charge in [-0.05, 0) is 32.1 Å². The van der Waals surface area contributed by atoms with Gasteiger partial charge < -0.3 is 0 Å². The van der Waals surface area contributed by atoms with Gasteiger partial charge in [-0.2, -0.15) is 0 Å². The number of unbranched alkanes of at least 4 members (excludes halogenated alkanes) is 39.